The van der Waals surface area contributed by atoms with Crippen LogP contribution < -0.4 is 0 Å². The summed E-state index contributed by atoms with van der Waals surface area (Å²) in [4.78, 5) is 12.6. The number of hydrogen-bond donors (Lipinski definition) is 0. The normalized spacial score (nSPS) is 10.1. The van der Waals surface area contributed by atoms with Crippen LogP contribution in [0.2, 0.25) is 5.15 Å². The van der Waals surface area contributed by atoms with Crippen molar-refractivity contribution in [1.29, 1.82) is 5.26 Å². The van der Waals surface area contributed by atoms with E-state index in [1.165, 1.54) is 0 Å². The van der Waals surface area contributed by atoms with Crippen LogP contribution in [0.5, 0.6) is 0 Å². The van der Waals surface area contributed by atoms with Crippen molar-refractivity contribution in [2.75, 3.05) is 0 Å². The third-order valence-corrected chi connectivity index (χ3v) is 3.27. The van der Waals surface area contributed by atoms with Gasteiger partial charge >= 0.3 is 0 Å². The topological polar surface area (TPSA) is 62.5 Å². The monoisotopic (exact) mass is 292 g/mol. The summed E-state index contributed by atoms with van der Waals surface area (Å²) in [5.74, 6) is 0.544. The first-order chi connectivity index (χ1) is 10.3. The van der Waals surface area contributed by atoms with Gasteiger partial charge in [0.1, 0.15) is 5.15 Å². The molecule has 1 aromatic carbocycles. The molecule has 0 radical (unpaired) electrons. The molecular weight excluding hydrogens is 284 g/mol. The lowest BCUT2D eigenvalue weighted by atomic mass is 10.1. The molecule has 21 heavy (non-hydrogen) atoms. The van der Waals surface area contributed by atoms with Crippen LogP contribution in [0.25, 0.3) is 22.5 Å². The van der Waals surface area contributed by atoms with Gasteiger partial charge in [-0.15, -0.1) is 0 Å². The summed E-state index contributed by atoms with van der Waals surface area (Å²) >= 11 is 6.26. The molecule has 0 saturated carbocycles. The Morgan fingerprint density at radius 1 is 1.05 bits per heavy atom. The quantitative estimate of drug-likeness (QED) is 0.675. The second kappa shape index (κ2) is 5.70. The number of nitrogens with zero attached hydrogens (tertiary/aromatic N) is 4. The number of pyridine rings is 1. The highest BCUT2D eigenvalue weighted by molar-refractivity contribution is 6.32. The standard InChI is InChI=1S/C16H9ClN4/c17-15-14(13-3-1-2-11(8-13)9-18)10-20-16(21-15)12-4-6-19-7-5-12/h1-8,10H. The zero-order valence-corrected chi connectivity index (χ0v) is 11.6. The Morgan fingerprint density at radius 3 is 2.57 bits per heavy atom. The van der Waals surface area contributed by atoms with E-state index in [1.54, 1.807) is 36.8 Å². The van der Waals surface area contributed by atoms with Crippen LogP contribution in [0.3, 0.4) is 0 Å². The Labute approximate surface area is 126 Å². The van der Waals surface area contributed by atoms with Crippen LogP contribution in [-0.2, 0) is 0 Å². The fraction of sp³-hybridized carbons (Fsp3) is 0. The van der Waals surface area contributed by atoms with Crippen molar-refractivity contribution < 1.29 is 0 Å². The molecule has 3 aromatic rings. The van der Waals surface area contributed by atoms with Crippen LogP contribution in [0.15, 0.2) is 55.0 Å². The molecule has 4 nitrogen and oxygen atoms in total. The largest absolute Gasteiger partial charge is 0.265 e. The van der Waals surface area contributed by atoms with Crippen molar-refractivity contribution in [3.63, 3.8) is 0 Å². The Kier molecular flexibility index (Phi) is 3.59. The molecule has 0 N–H and O–H groups in total. The predicted octanol–water partition coefficient (Wildman–Crippen LogP) is 3.73. The van der Waals surface area contributed by atoms with E-state index in [4.69, 9.17) is 16.9 Å². The molecule has 0 aliphatic carbocycles. The molecule has 0 amide bonds. The first kappa shape index (κ1) is 13.2. The maximum absolute atomic E-state index is 8.95. The lowest BCUT2D eigenvalue weighted by Crippen LogP contribution is -1.92. The van der Waals surface area contributed by atoms with Gasteiger partial charge < -0.3 is 0 Å². The molecule has 100 valence electrons. The lowest BCUT2D eigenvalue weighted by molar-refractivity contribution is 1.17. The summed E-state index contributed by atoms with van der Waals surface area (Å²) in [6.45, 7) is 0. The van der Waals surface area contributed by atoms with Crippen LogP contribution in [0.1, 0.15) is 5.56 Å². The summed E-state index contributed by atoms with van der Waals surface area (Å²) in [6.07, 6.45) is 5.02. The van der Waals surface area contributed by atoms with E-state index in [2.05, 4.69) is 21.0 Å². The molecule has 0 saturated heterocycles. The van der Waals surface area contributed by atoms with Crippen LogP contribution in [0, 0.1) is 11.3 Å². The van der Waals surface area contributed by atoms with Crippen molar-refractivity contribution in [2.45, 2.75) is 0 Å². The number of aromatic nitrogens is 3. The number of rotatable bonds is 2. The molecule has 3 rings (SSSR count). The zero-order chi connectivity index (χ0) is 14.7. The molecule has 0 unspecified atom stereocenters. The molecule has 0 aliphatic rings. The minimum atomic E-state index is 0.354. The van der Waals surface area contributed by atoms with Gasteiger partial charge in [-0.1, -0.05) is 23.7 Å². The highest BCUT2D eigenvalue weighted by atomic mass is 35.5. The fourth-order valence-electron chi connectivity index (χ4n) is 1.95. The predicted molar refractivity (Wildman–Crippen MR) is 80.4 cm³/mol. The van der Waals surface area contributed by atoms with Crippen LogP contribution in [-0.4, -0.2) is 15.0 Å². The molecule has 0 bridgehead atoms. The molecular formula is C16H9ClN4. The zero-order valence-electron chi connectivity index (χ0n) is 10.9. The van der Waals surface area contributed by atoms with Crippen molar-refractivity contribution >= 4 is 11.6 Å². The van der Waals surface area contributed by atoms with Crippen LogP contribution in [0.4, 0.5) is 0 Å². The molecule has 0 fully saturated rings. The molecule has 0 spiro atoms. The van der Waals surface area contributed by atoms with Crippen LogP contribution >= 0.6 is 11.6 Å². The summed E-state index contributed by atoms with van der Waals surface area (Å²) in [7, 11) is 0. The van der Waals surface area contributed by atoms with E-state index in [-0.39, 0.29) is 0 Å². The number of hydrogen-bond acceptors (Lipinski definition) is 4. The van der Waals surface area contributed by atoms with E-state index in [0.717, 1.165) is 11.1 Å². The van der Waals surface area contributed by atoms with Gasteiger partial charge in [0, 0.05) is 29.7 Å². The molecule has 0 atom stereocenters. The first-order valence-corrected chi connectivity index (χ1v) is 6.59. The third-order valence-electron chi connectivity index (χ3n) is 2.98. The van der Waals surface area contributed by atoms with E-state index in [0.29, 0.717) is 22.1 Å². The average Bonchev–Trinajstić information content (AvgIpc) is 2.55. The smallest absolute Gasteiger partial charge is 0.160 e. The SMILES string of the molecule is N#Cc1cccc(-c2cnc(-c3ccncc3)nc2Cl)c1. The van der Waals surface area contributed by atoms with Gasteiger partial charge in [0.05, 0.1) is 11.6 Å². The fourth-order valence-corrected chi connectivity index (χ4v) is 2.19. The van der Waals surface area contributed by atoms with E-state index < -0.39 is 0 Å². The second-order valence-corrected chi connectivity index (χ2v) is 4.68. The average molecular weight is 293 g/mol. The van der Waals surface area contributed by atoms with Gasteiger partial charge in [0.2, 0.25) is 0 Å². The van der Waals surface area contributed by atoms with Crippen molar-refractivity contribution in [1.82, 2.24) is 15.0 Å². The Hall–Kier alpha value is -2.77. The number of nitriles is 1. The minimum Gasteiger partial charge on any atom is -0.265 e. The van der Waals surface area contributed by atoms with Crippen molar-refractivity contribution in [2.24, 2.45) is 0 Å². The summed E-state index contributed by atoms with van der Waals surface area (Å²) in [6, 6.07) is 12.9. The van der Waals surface area contributed by atoms with Gasteiger partial charge in [-0.25, -0.2) is 9.97 Å². The molecule has 5 heteroatoms. The van der Waals surface area contributed by atoms with E-state index >= 15 is 0 Å². The summed E-state index contributed by atoms with van der Waals surface area (Å²) in [5, 5.41) is 9.30. The highest BCUT2D eigenvalue weighted by Gasteiger charge is 2.09. The van der Waals surface area contributed by atoms with Crippen molar-refractivity contribution in [3.05, 3.63) is 65.7 Å². The summed E-state index contributed by atoms with van der Waals surface area (Å²) < 4.78 is 0. The lowest BCUT2D eigenvalue weighted by Gasteiger charge is -2.06. The molecule has 0 aliphatic heterocycles. The Balaban J connectivity index is 2.04. The third kappa shape index (κ3) is 2.73. The van der Waals surface area contributed by atoms with Gasteiger partial charge in [0.15, 0.2) is 5.82 Å². The number of benzene rings is 1. The highest BCUT2D eigenvalue weighted by Crippen LogP contribution is 2.28. The number of halogens is 1. The Bertz CT molecular complexity index is 825. The van der Waals surface area contributed by atoms with E-state index in [9.17, 15) is 0 Å². The minimum absolute atomic E-state index is 0.354. The Morgan fingerprint density at radius 2 is 1.86 bits per heavy atom. The van der Waals surface area contributed by atoms with Gasteiger partial charge in [-0.2, -0.15) is 5.26 Å². The van der Waals surface area contributed by atoms with Crippen molar-refractivity contribution in [3.8, 4) is 28.6 Å². The van der Waals surface area contributed by atoms with Gasteiger partial charge in [-0.05, 0) is 29.8 Å². The second-order valence-electron chi connectivity index (χ2n) is 4.33. The summed E-state index contributed by atoms with van der Waals surface area (Å²) in [5.41, 5.74) is 2.94. The molecule has 2 heterocycles. The first-order valence-electron chi connectivity index (χ1n) is 6.21. The van der Waals surface area contributed by atoms with Gasteiger partial charge in [-0.3, -0.25) is 4.98 Å². The maximum atomic E-state index is 8.95. The van der Waals surface area contributed by atoms with Gasteiger partial charge in [0.25, 0.3) is 0 Å². The maximum Gasteiger partial charge on any atom is 0.160 e. The van der Waals surface area contributed by atoms with E-state index in [1.807, 2.05) is 18.2 Å². The molecule has 2 aromatic heterocycles.